The molecule has 30 heavy (non-hydrogen) atoms. The van der Waals surface area contributed by atoms with Gasteiger partial charge >= 0.3 is 12.1 Å². The molecule has 1 amide bonds. The summed E-state index contributed by atoms with van der Waals surface area (Å²) in [6.45, 7) is 7.46. The number of hydrogen-bond donors (Lipinski definition) is 1. The third kappa shape index (κ3) is 4.67. The van der Waals surface area contributed by atoms with Crippen LogP contribution < -0.4 is 5.32 Å². The summed E-state index contributed by atoms with van der Waals surface area (Å²) < 4.78 is 44.1. The number of fused-ring (bicyclic) bond motifs is 1. The maximum atomic E-state index is 13.0. The Kier molecular flexibility index (Phi) is 6.52. The molecule has 0 bridgehead atoms. The van der Waals surface area contributed by atoms with E-state index in [0.717, 1.165) is 29.1 Å². The Hall–Kier alpha value is -2.39. The molecule has 0 spiro atoms. The highest BCUT2D eigenvalue weighted by molar-refractivity contribution is 7.17. The first-order valence-corrected chi connectivity index (χ1v) is 10.5. The van der Waals surface area contributed by atoms with Crippen molar-refractivity contribution in [2.24, 2.45) is 0 Å². The minimum Gasteiger partial charge on any atom is -0.462 e. The number of hydrogen-bond acceptors (Lipinski definition) is 5. The van der Waals surface area contributed by atoms with Crippen molar-refractivity contribution in [1.82, 2.24) is 4.90 Å². The van der Waals surface area contributed by atoms with Gasteiger partial charge in [0.15, 0.2) is 0 Å². The van der Waals surface area contributed by atoms with E-state index in [-0.39, 0.29) is 12.2 Å². The minimum absolute atomic E-state index is 0.130. The fourth-order valence-corrected chi connectivity index (χ4v) is 4.64. The van der Waals surface area contributed by atoms with Gasteiger partial charge in [0.25, 0.3) is 5.91 Å². The zero-order valence-electron chi connectivity index (χ0n) is 16.9. The van der Waals surface area contributed by atoms with Crippen LogP contribution in [0, 0.1) is 0 Å². The Labute approximate surface area is 176 Å². The second kappa shape index (κ2) is 8.77. The second-order valence-electron chi connectivity index (χ2n) is 7.28. The van der Waals surface area contributed by atoms with E-state index in [4.69, 9.17) is 4.74 Å². The van der Waals surface area contributed by atoms with Crippen LogP contribution in [-0.4, -0.2) is 36.0 Å². The first-order valence-electron chi connectivity index (χ1n) is 9.66. The minimum atomic E-state index is -4.55. The van der Waals surface area contributed by atoms with Crippen LogP contribution in [0.2, 0.25) is 0 Å². The molecule has 0 saturated heterocycles. The smallest absolute Gasteiger partial charge is 0.416 e. The molecular formula is C21H23F3N2O3S. The van der Waals surface area contributed by atoms with E-state index in [0.29, 0.717) is 29.6 Å². The lowest BCUT2D eigenvalue weighted by Crippen LogP contribution is -2.35. The second-order valence-corrected chi connectivity index (χ2v) is 8.38. The summed E-state index contributed by atoms with van der Waals surface area (Å²) in [5.41, 5.74) is 0.115. The summed E-state index contributed by atoms with van der Waals surface area (Å²) in [6, 6.07) is 4.53. The zero-order chi connectivity index (χ0) is 22.1. The van der Waals surface area contributed by atoms with E-state index in [1.54, 1.807) is 6.92 Å². The van der Waals surface area contributed by atoms with E-state index in [1.165, 1.54) is 23.5 Å². The van der Waals surface area contributed by atoms with Crippen molar-refractivity contribution < 1.29 is 27.5 Å². The number of amides is 1. The van der Waals surface area contributed by atoms with Crippen LogP contribution in [0.15, 0.2) is 24.3 Å². The van der Waals surface area contributed by atoms with E-state index in [1.807, 2.05) is 0 Å². The molecule has 1 aliphatic heterocycles. The van der Waals surface area contributed by atoms with Crippen molar-refractivity contribution in [2.45, 2.75) is 46.0 Å². The summed E-state index contributed by atoms with van der Waals surface area (Å²) >= 11 is 1.27. The van der Waals surface area contributed by atoms with Gasteiger partial charge in [0.2, 0.25) is 0 Å². The van der Waals surface area contributed by atoms with Crippen molar-refractivity contribution in [3.63, 3.8) is 0 Å². The summed E-state index contributed by atoms with van der Waals surface area (Å²) in [5, 5.41) is 2.95. The van der Waals surface area contributed by atoms with E-state index in [2.05, 4.69) is 24.1 Å². The molecule has 9 heteroatoms. The number of nitrogens with zero attached hydrogens (tertiary/aromatic N) is 1. The number of benzene rings is 1. The van der Waals surface area contributed by atoms with Crippen LogP contribution in [-0.2, 0) is 23.9 Å². The van der Waals surface area contributed by atoms with Crippen LogP contribution in [0.1, 0.15) is 57.5 Å². The van der Waals surface area contributed by atoms with Gasteiger partial charge in [-0.3, -0.25) is 9.69 Å². The molecule has 0 saturated carbocycles. The highest BCUT2D eigenvalue weighted by Gasteiger charge is 2.32. The average molecular weight is 440 g/mol. The van der Waals surface area contributed by atoms with Crippen molar-refractivity contribution in [2.75, 3.05) is 18.5 Å². The van der Waals surface area contributed by atoms with E-state index < -0.39 is 23.6 Å². The predicted octanol–water partition coefficient (Wildman–Crippen LogP) is 4.96. The van der Waals surface area contributed by atoms with Gasteiger partial charge in [-0.15, -0.1) is 11.3 Å². The molecule has 1 N–H and O–H groups in total. The highest BCUT2D eigenvalue weighted by atomic mass is 32.1. The molecule has 2 heterocycles. The number of carbonyl (C=O) groups excluding carboxylic acids is 2. The number of alkyl halides is 3. The fraction of sp³-hybridized carbons (Fsp3) is 0.429. The van der Waals surface area contributed by atoms with Crippen LogP contribution in [0.25, 0.3) is 0 Å². The quantitative estimate of drug-likeness (QED) is 0.668. The molecular weight excluding hydrogens is 417 g/mol. The topological polar surface area (TPSA) is 58.6 Å². The maximum Gasteiger partial charge on any atom is 0.416 e. The van der Waals surface area contributed by atoms with E-state index in [9.17, 15) is 22.8 Å². The number of halogens is 3. The lowest BCUT2D eigenvalue weighted by Gasteiger charge is -2.30. The maximum absolute atomic E-state index is 13.0. The van der Waals surface area contributed by atoms with Gasteiger partial charge in [-0.2, -0.15) is 13.2 Å². The van der Waals surface area contributed by atoms with Gasteiger partial charge < -0.3 is 10.1 Å². The molecule has 5 nitrogen and oxygen atoms in total. The molecule has 2 aromatic rings. The number of carbonyl (C=O) groups is 2. The first-order chi connectivity index (χ1) is 14.1. The molecule has 0 fully saturated rings. The normalized spacial score (nSPS) is 14.5. The molecule has 162 valence electrons. The van der Waals surface area contributed by atoms with Gasteiger partial charge in [0.1, 0.15) is 5.00 Å². The summed E-state index contributed by atoms with van der Waals surface area (Å²) in [4.78, 5) is 28.5. The number of thiophene rings is 1. The zero-order valence-corrected chi connectivity index (χ0v) is 17.7. The van der Waals surface area contributed by atoms with Gasteiger partial charge in [0, 0.05) is 29.6 Å². The van der Waals surface area contributed by atoms with E-state index >= 15 is 0 Å². The number of esters is 1. The molecule has 0 atom stereocenters. The summed E-state index contributed by atoms with van der Waals surface area (Å²) in [6.07, 6.45) is -3.91. The van der Waals surface area contributed by atoms with Crippen LogP contribution in [0.4, 0.5) is 18.2 Å². The molecule has 1 aromatic carbocycles. The van der Waals surface area contributed by atoms with Gasteiger partial charge in [-0.05, 0) is 51.0 Å². The molecule has 3 rings (SSSR count). The number of rotatable bonds is 5. The molecule has 0 unspecified atom stereocenters. The van der Waals surface area contributed by atoms with Crippen molar-refractivity contribution in [3.05, 3.63) is 51.4 Å². The lowest BCUT2D eigenvalue weighted by molar-refractivity contribution is -0.137. The molecule has 0 aliphatic carbocycles. The van der Waals surface area contributed by atoms with Crippen LogP contribution >= 0.6 is 11.3 Å². The number of anilines is 1. The van der Waals surface area contributed by atoms with Gasteiger partial charge in [0.05, 0.1) is 17.7 Å². The largest absolute Gasteiger partial charge is 0.462 e. The highest BCUT2D eigenvalue weighted by Crippen LogP contribution is 2.38. The first kappa shape index (κ1) is 22.3. The lowest BCUT2D eigenvalue weighted by atomic mass is 10.0. The standard InChI is InChI=1S/C21H23F3N2O3S/c1-4-29-20(28)17-15-8-9-26(12(2)3)11-16(15)30-19(17)25-18(27)13-6-5-7-14(10-13)21(22,23)24/h5-7,10,12H,4,8-9,11H2,1-3H3,(H,25,27). The number of nitrogens with one attached hydrogen (secondary N) is 1. The fourth-order valence-electron chi connectivity index (χ4n) is 3.38. The average Bonchev–Trinajstić information content (AvgIpc) is 3.04. The van der Waals surface area contributed by atoms with Crippen LogP contribution in [0.3, 0.4) is 0 Å². The van der Waals surface area contributed by atoms with Gasteiger partial charge in [-0.25, -0.2) is 4.79 Å². The van der Waals surface area contributed by atoms with Crippen LogP contribution in [0.5, 0.6) is 0 Å². The van der Waals surface area contributed by atoms with Crippen molar-refractivity contribution in [1.29, 1.82) is 0 Å². The van der Waals surface area contributed by atoms with Crippen molar-refractivity contribution >= 4 is 28.2 Å². The SMILES string of the molecule is CCOC(=O)c1c(NC(=O)c2cccc(C(F)(F)F)c2)sc2c1CCN(C(C)C)C2. The molecule has 1 aliphatic rings. The predicted molar refractivity (Wildman–Crippen MR) is 109 cm³/mol. The third-order valence-corrected chi connectivity index (χ3v) is 6.11. The Bertz CT molecular complexity index is 953. The molecule has 0 radical (unpaired) electrons. The Balaban J connectivity index is 1.94. The Morgan fingerprint density at radius 1 is 1.30 bits per heavy atom. The number of ether oxygens (including phenoxy) is 1. The monoisotopic (exact) mass is 440 g/mol. The third-order valence-electron chi connectivity index (χ3n) is 4.98. The van der Waals surface area contributed by atoms with Crippen molar-refractivity contribution in [3.8, 4) is 0 Å². The van der Waals surface area contributed by atoms with Gasteiger partial charge in [-0.1, -0.05) is 6.07 Å². The molecule has 1 aromatic heterocycles. The Morgan fingerprint density at radius 2 is 2.03 bits per heavy atom. The summed E-state index contributed by atoms with van der Waals surface area (Å²) in [5.74, 6) is -1.24. The Morgan fingerprint density at radius 3 is 2.67 bits per heavy atom. The summed E-state index contributed by atoms with van der Waals surface area (Å²) in [7, 11) is 0.